The number of quaternary nitrogens is 1. The summed E-state index contributed by atoms with van der Waals surface area (Å²) in [4.78, 5) is 41.0. The van der Waals surface area contributed by atoms with Crippen molar-refractivity contribution in [2.75, 3.05) is 10.6 Å². The lowest BCUT2D eigenvalue weighted by Gasteiger charge is -2.10. The van der Waals surface area contributed by atoms with Gasteiger partial charge in [-0.3, -0.25) is 15.4 Å². The van der Waals surface area contributed by atoms with Crippen LogP contribution in [0.25, 0.3) is 11.0 Å². The van der Waals surface area contributed by atoms with Gasteiger partial charge in [-0.05, 0) is 37.1 Å². The number of benzene rings is 2. The van der Waals surface area contributed by atoms with Crippen LogP contribution in [0.1, 0.15) is 38.7 Å². The molecule has 0 unspecified atom stereocenters. The summed E-state index contributed by atoms with van der Waals surface area (Å²) in [5, 5.41) is 16.0. The molecule has 3 rings (SSSR count). The average molecular weight is 463 g/mol. The van der Waals surface area contributed by atoms with Gasteiger partial charge in [0.25, 0.3) is 0 Å². The number of nitrogens with one attached hydrogen (secondary N) is 2. The number of primary amides is 2. The Morgan fingerprint density at radius 2 is 1.91 bits per heavy atom. The van der Waals surface area contributed by atoms with Crippen molar-refractivity contribution < 1.29 is 19.7 Å². The van der Waals surface area contributed by atoms with Crippen LogP contribution >= 0.6 is 0 Å². The van der Waals surface area contributed by atoms with Crippen LogP contribution in [0.5, 0.6) is 0 Å². The maximum Gasteiger partial charge on any atom is 0.326 e. The van der Waals surface area contributed by atoms with Crippen molar-refractivity contribution in [3.8, 4) is 6.07 Å². The Kier molecular flexibility index (Phi) is 7.95. The van der Waals surface area contributed by atoms with E-state index in [1.807, 2.05) is 26.0 Å². The molecule has 0 aliphatic heterocycles. The Hall–Kier alpha value is -4.23. The Labute approximate surface area is 197 Å². The smallest absolute Gasteiger partial charge is 0.326 e. The highest BCUT2D eigenvalue weighted by atomic mass is 16.2. The number of fused-ring (bicyclic) bond motifs is 1. The van der Waals surface area contributed by atoms with E-state index in [9.17, 15) is 14.4 Å². The standard InChI is InChI=1S/C24H27N7O3/c1-3-16(4-2)22(33)27-18-8-9-20-19(13-18)29-23(31(20)11-10-21(26)32)30-24(34)28-17-7-5-6-15(12-17)14-25/h5-9,12-13,16H,3-4,10-11H2,1-2H3,(H2,26,32)(H,27,33)(H2,28,29,30,34)/p+1. The predicted molar refractivity (Wildman–Crippen MR) is 128 cm³/mol. The van der Waals surface area contributed by atoms with E-state index in [0.29, 0.717) is 28.0 Å². The van der Waals surface area contributed by atoms with Gasteiger partial charge in [0, 0.05) is 30.8 Å². The molecule has 4 amide bonds. The van der Waals surface area contributed by atoms with Crippen molar-refractivity contribution in [3.05, 3.63) is 48.0 Å². The zero-order valence-corrected chi connectivity index (χ0v) is 19.2. The number of nitrogens with two attached hydrogens (primary N) is 2. The second kappa shape index (κ2) is 11.1. The van der Waals surface area contributed by atoms with Crippen LogP contribution < -0.4 is 21.7 Å². The normalized spacial score (nSPS) is 10.8. The third kappa shape index (κ3) is 5.96. The molecule has 0 fully saturated rings. The number of rotatable bonds is 9. The number of aromatic nitrogens is 2. The number of amides is 4. The van der Waals surface area contributed by atoms with Gasteiger partial charge in [0.1, 0.15) is 5.69 Å². The lowest BCUT2D eigenvalue weighted by Crippen LogP contribution is -2.83. The number of hydrogen-bond acceptors (Lipinski definition) is 5. The Morgan fingerprint density at radius 3 is 2.59 bits per heavy atom. The molecule has 10 heteroatoms. The summed E-state index contributed by atoms with van der Waals surface area (Å²) in [7, 11) is 0. The van der Waals surface area contributed by atoms with Crippen molar-refractivity contribution in [2.24, 2.45) is 11.7 Å². The summed E-state index contributed by atoms with van der Waals surface area (Å²) in [5.41, 5.74) is 8.17. The number of nitriles is 1. The monoisotopic (exact) mass is 462 g/mol. The zero-order chi connectivity index (χ0) is 24.7. The highest BCUT2D eigenvalue weighted by Crippen LogP contribution is 2.23. The fourth-order valence-corrected chi connectivity index (χ4v) is 3.68. The number of carbonyl (C=O) groups is 3. The minimum atomic E-state index is -0.554. The summed E-state index contributed by atoms with van der Waals surface area (Å²) < 4.78 is 1.69. The van der Waals surface area contributed by atoms with Crippen molar-refractivity contribution in [1.82, 2.24) is 9.55 Å². The quantitative estimate of drug-likeness (QED) is 0.359. The molecular weight excluding hydrogens is 434 g/mol. The van der Waals surface area contributed by atoms with Gasteiger partial charge in [-0.25, -0.2) is 14.6 Å². The summed E-state index contributed by atoms with van der Waals surface area (Å²) in [6.45, 7) is 4.20. The Bertz CT molecular complexity index is 1260. The average Bonchev–Trinajstić information content (AvgIpc) is 3.14. The van der Waals surface area contributed by atoms with Crippen LogP contribution in [-0.4, -0.2) is 27.4 Å². The number of anilines is 2. The second-order valence-corrected chi connectivity index (χ2v) is 7.88. The van der Waals surface area contributed by atoms with Crippen LogP contribution in [0.2, 0.25) is 0 Å². The van der Waals surface area contributed by atoms with E-state index in [0.717, 1.165) is 12.8 Å². The Balaban J connectivity index is 1.86. The molecule has 176 valence electrons. The van der Waals surface area contributed by atoms with Gasteiger partial charge in [-0.2, -0.15) is 5.26 Å². The van der Waals surface area contributed by atoms with Gasteiger partial charge >= 0.3 is 11.9 Å². The van der Waals surface area contributed by atoms with Crippen LogP contribution in [0.3, 0.4) is 0 Å². The molecule has 0 aliphatic rings. The third-order valence-electron chi connectivity index (χ3n) is 5.53. The van der Waals surface area contributed by atoms with Crippen molar-refractivity contribution >= 4 is 46.2 Å². The van der Waals surface area contributed by atoms with Gasteiger partial charge in [0.2, 0.25) is 11.9 Å². The second-order valence-electron chi connectivity index (χ2n) is 7.88. The van der Waals surface area contributed by atoms with Gasteiger partial charge in [-0.1, -0.05) is 19.9 Å². The zero-order valence-electron chi connectivity index (χ0n) is 19.2. The van der Waals surface area contributed by atoms with E-state index < -0.39 is 11.9 Å². The molecule has 0 aliphatic carbocycles. The first kappa shape index (κ1) is 24.4. The molecule has 2 aromatic carbocycles. The van der Waals surface area contributed by atoms with Crippen molar-refractivity contribution in [2.45, 2.75) is 39.7 Å². The minimum absolute atomic E-state index is 0.0238. The van der Waals surface area contributed by atoms with E-state index in [2.05, 4.69) is 15.6 Å². The maximum absolute atomic E-state index is 12.6. The number of nitrogens with zero attached hydrogens (tertiary/aromatic N) is 3. The molecule has 34 heavy (non-hydrogen) atoms. The summed E-state index contributed by atoms with van der Waals surface area (Å²) in [6.07, 6.45) is 1.61. The number of aryl methyl sites for hydroxylation is 1. The van der Waals surface area contributed by atoms with Gasteiger partial charge in [0.05, 0.1) is 28.6 Å². The molecule has 1 heterocycles. The minimum Gasteiger partial charge on any atom is -0.370 e. The summed E-state index contributed by atoms with van der Waals surface area (Å²) >= 11 is 0. The van der Waals surface area contributed by atoms with E-state index in [1.165, 1.54) is 0 Å². The van der Waals surface area contributed by atoms with E-state index in [-0.39, 0.29) is 30.7 Å². The SMILES string of the molecule is CCC(CC)C(=O)[NH2+]c1ccc2c(c1)nc(NC(=O)Nc1cccc(C#N)c1)n2CCC(N)=O. The lowest BCUT2D eigenvalue weighted by molar-refractivity contribution is -0.487. The maximum atomic E-state index is 12.6. The molecule has 3 aromatic rings. The lowest BCUT2D eigenvalue weighted by atomic mass is 10.0. The van der Waals surface area contributed by atoms with Crippen LogP contribution in [0, 0.1) is 17.2 Å². The first-order valence-corrected chi connectivity index (χ1v) is 11.1. The van der Waals surface area contributed by atoms with Gasteiger partial charge < -0.3 is 15.6 Å². The molecule has 0 radical (unpaired) electrons. The molecule has 6 N–H and O–H groups in total. The summed E-state index contributed by atoms with van der Waals surface area (Å²) in [6, 6.07) is 13.4. The van der Waals surface area contributed by atoms with E-state index in [1.54, 1.807) is 46.3 Å². The van der Waals surface area contributed by atoms with Crippen molar-refractivity contribution in [1.29, 1.82) is 5.26 Å². The summed E-state index contributed by atoms with van der Waals surface area (Å²) in [5.74, 6) is -0.209. The molecule has 0 saturated carbocycles. The highest BCUT2D eigenvalue weighted by molar-refractivity contribution is 6.00. The molecule has 10 nitrogen and oxygen atoms in total. The largest absolute Gasteiger partial charge is 0.370 e. The molecule has 0 atom stereocenters. The van der Waals surface area contributed by atoms with Crippen LogP contribution in [-0.2, 0) is 16.1 Å². The first-order valence-electron chi connectivity index (χ1n) is 11.1. The van der Waals surface area contributed by atoms with Crippen LogP contribution in [0.15, 0.2) is 42.5 Å². The van der Waals surface area contributed by atoms with Crippen LogP contribution in [0.4, 0.5) is 22.1 Å². The highest BCUT2D eigenvalue weighted by Gasteiger charge is 2.20. The molecule has 1 aromatic heterocycles. The van der Waals surface area contributed by atoms with Crippen molar-refractivity contribution in [3.63, 3.8) is 0 Å². The predicted octanol–water partition coefficient (Wildman–Crippen LogP) is 2.59. The third-order valence-corrected chi connectivity index (χ3v) is 5.53. The van der Waals surface area contributed by atoms with E-state index >= 15 is 0 Å². The number of carbonyl (C=O) groups excluding carboxylic acids is 3. The topological polar surface area (TPSA) is 160 Å². The fourth-order valence-electron chi connectivity index (χ4n) is 3.68. The fraction of sp³-hybridized carbons (Fsp3) is 0.292. The van der Waals surface area contributed by atoms with Gasteiger partial charge in [0.15, 0.2) is 0 Å². The number of imidazole rings is 1. The van der Waals surface area contributed by atoms with Gasteiger partial charge in [-0.15, -0.1) is 0 Å². The molecule has 0 spiro atoms. The Morgan fingerprint density at radius 1 is 1.15 bits per heavy atom. The number of urea groups is 1. The van der Waals surface area contributed by atoms with E-state index in [4.69, 9.17) is 11.0 Å². The molecule has 0 saturated heterocycles. The first-order chi connectivity index (χ1) is 16.3. The molecule has 0 bridgehead atoms. The molecular formula is C24H28N7O3+. The number of hydrogen-bond donors (Lipinski definition) is 4.